The first-order valence-electron chi connectivity index (χ1n) is 7.99. The minimum atomic E-state index is -4.40. The third kappa shape index (κ3) is 4.28. The summed E-state index contributed by atoms with van der Waals surface area (Å²) in [4.78, 5) is 12.2. The molecule has 0 heterocycles. The summed E-state index contributed by atoms with van der Waals surface area (Å²) in [5.74, 6) is -0.262. The lowest BCUT2D eigenvalue weighted by molar-refractivity contribution is -0.137. The van der Waals surface area contributed by atoms with E-state index in [0.717, 1.165) is 23.3 Å². The van der Waals surface area contributed by atoms with Crippen LogP contribution in [-0.4, -0.2) is 5.78 Å². The second kappa shape index (κ2) is 7.40. The summed E-state index contributed by atoms with van der Waals surface area (Å²) in [6, 6.07) is 21.7. The molecule has 0 amide bonds. The first kappa shape index (κ1) is 17.7. The third-order valence-electron chi connectivity index (χ3n) is 3.92. The van der Waals surface area contributed by atoms with E-state index in [0.29, 0.717) is 11.1 Å². The van der Waals surface area contributed by atoms with Gasteiger partial charge < -0.3 is 0 Å². The van der Waals surface area contributed by atoms with Crippen molar-refractivity contribution < 1.29 is 18.0 Å². The first-order chi connectivity index (χ1) is 12.4. The molecule has 0 radical (unpaired) electrons. The second-order valence-electron chi connectivity index (χ2n) is 5.76. The van der Waals surface area contributed by atoms with Gasteiger partial charge in [0.1, 0.15) is 0 Å². The van der Waals surface area contributed by atoms with E-state index in [-0.39, 0.29) is 5.78 Å². The van der Waals surface area contributed by atoms with Crippen LogP contribution in [0, 0.1) is 0 Å². The largest absolute Gasteiger partial charge is 0.416 e. The molecule has 130 valence electrons. The van der Waals surface area contributed by atoms with Gasteiger partial charge in [0.05, 0.1) is 5.56 Å². The lowest BCUT2D eigenvalue weighted by Crippen LogP contribution is -2.04. The lowest BCUT2D eigenvalue weighted by atomic mass is 10.0. The summed E-state index contributed by atoms with van der Waals surface area (Å²) in [7, 11) is 0. The zero-order valence-electron chi connectivity index (χ0n) is 13.7. The number of carbonyl (C=O) groups excluding carboxylic acids is 1. The second-order valence-corrected chi connectivity index (χ2v) is 5.76. The summed E-state index contributed by atoms with van der Waals surface area (Å²) in [5.41, 5.74) is 2.11. The molecule has 3 rings (SSSR count). The number of hydrogen-bond acceptors (Lipinski definition) is 1. The molecule has 0 unspecified atom stereocenters. The highest BCUT2D eigenvalue weighted by atomic mass is 19.4. The van der Waals surface area contributed by atoms with E-state index in [1.807, 2.05) is 42.5 Å². The molecule has 4 heteroatoms. The highest BCUT2D eigenvalue weighted by Gasteiger charge is 2.30. The number of allylic oxidation sites excluding steroid dienone is 1. The number of hydrogen-bond donors (Lipinski definition) is 0. The number of benzene rings is 3. The van der Waals surface area contributed by atoms with Crippen molar-refractivity contribution in [1.82, 2.24) is 0 Å². The Bertz CT molecular complexity index is 924. The van der Waals surface area contributed by atoms with E-state index < -0.39 is 11.7 Å². The third-order valence-corrected chi connectivity index (χ3v) is 3.92. The van der Waals surface area contributed by atoms with Crippen LogP contribution in [-0.2, 0) is 6.18 Å². The Morgan fingerprint density at radius 1 is 0.769 bits per heavy atom. The van der Waals surface area contributed by atoms with Gasteiger partial charge in [-0.2, -0.15) is 13.2 Å². The van der Waals surface area contributed by atoms with Gasteiger partial charge >= 0.3 is 6.18 Å². The zero-order valence-corrected chi connectivity index (χ0v) is 13.7. The van der Waals surface area contributed by atoms with Crippen LogP contribution < -0.4 is 0 Å². The van der Waals surface area contributed by atoms with Crippen LogP contribution in [0.1, 0.15) is 21.5 Å². The molecule has 3 aromatic rings. The molecule has 1 nitrogen and oxygen atoms in total. The SMILES string of the molecule is O=C(/C=C/c1cccc(C(F)(F)F)c1)c1ccc(-c2ccccc2)cc1. The van der Waals surface area contributed by atoms with E-state index in [1.165, 1.54) is 24.3 Å². The maximum Gasteiger partial charge on any atom is 0.416 e. The fourth-order valence-electron chi connectivity index (χ4n) is 2.54. The Morgan fingerprint density at radius 3 is 2.08 bits per heavy atom. The van der Waals surface area contributed by atoms with Crippen molar-refractivity contribution in [3.05, 3.63) is 102 Å². The van der Waals surface area contributed by atoms with E-state index in [2.05, 4.69) is 0 Å². The van der Waals surface area contributed by atoms with E-state index in [1.54, 1.807) is 12.1 Å². The van der Waals surface area contributed by atoms with Crippen LogP contribution in [0.2, 0.25) is 0 Å². The topological polar surface area (TPSA) is 17.1 Å². The van der Waals surface area contributed by atoms with Gasteiger partial charge in [-0.15, -0.1) is 0 Å². The quantitative estimate of drug-likeness (QED) is 0.399. The molecule has 26 heavy (non-hydrogen) atoms. The van der Waals surface area contributed by atoms with Gasteiger partial charge in [-0.05, 0) is 34.9 Å². The molecular weight excluding hydrogens is 337 g/mol. The Morgan fingerprint density at radius 2 is 1.42 bits per heavy atom. The molecular formula is C22H15F3O. The van der Waals surface area contributed by atoms with Gasteiger partial charge in [0.2, 0.25) is 0 Å². The van der Waals surface area contributed by atoms with E-state index in [9.17, 15) is 18.0 Å². The Kier molecular flexibility index (Phi) is 5.03. The molecule has 0 saturated carbocycles. The molecule has 0 spiro atoms. The minimum Gasteiger partial charge on any atom is -0.289 e. The van der Waals surface area contributed by atoms with Crippen LogP contribution in [0.25, 0.3) is 17.2 Å². The molecule has 0 bridgehead atoms. The fourth-order valence-corrected chi connectivity index (χ4v) is 2.54. The van der Waals surface area contributed by atoms with Crippen molar-refractivity contribution >= 4 is 11.9 Å². The maximum absolute atomic E-state index is 12.7. The zero-order chi connectivity index (χ0) is 18.6. The monoisotopic (exact) mass is 352 g/mol. The van der Waals surface area contributed by atoms with Crippen LogP contribution >= 0.6 is 0 Å². The van der Waals surface area contributed by atoms with Crippen molar-refractivity contribution in [2.45, 2.75) is 6.18 Å². The number of alkyl halides is 3. The lowest BCUT2D eigenvalue weighted by Gasteiger charge is -2.06. The van der Waals surface area contributed by atoms with E-state index in [4.69, 9.17) is 0 Å². The van der Waals surface area contributed by atoms with Crippen molar-refractivity contribution in [2.24, 2.45) is 0 Å². The Hall–Kier alpha value is -3.14. The predicted octanol–water partition coefficient (Wildman–Crippen LogP) is 6.27. The van der Waals surface area contributed by atoms with Crippen molar-refractivity contribution in [3.8, 4) is 11.1 Å². The van der Waals surface area contributed by atoms with Crippen LogP contribution in [0.15, 0.2) is 84.9 Å². The Labute approximate surface area is 149 Å². The normalized spacial score (nSPS) is 11.7. The summed E-state index contributed by atoms with van der Waals surface area (Å²) in [5, 5.41) is 0. The highest BCUT2D eigenvalue weighted by molar-refractivity contribution is 6.07. The molecule has 3 aromatic carbocycles. The predicted molar refractivity (Wildman–Crippen MR) is 96.7 cm³/mol. The van der Waals surface area contributed by atoms with Gasteiger partial charge in [-0.3, -0.25) is 4.79 Å². The van der Waals surface area contributed by atoms with Gasteiger partial charge in [0, 0.05) is 5.56 Å². The van der Waals surface area contributed by atoms with Crippen molar-refractivity contribution in [1.29, 1.82) is 0 Å². The first-order valence-corrected chi connectivity index (χ1v) is 7.99. The summed E-state index contributed by atoms with van der Waals surface area (Å²) < 4.78 is 38.2. The average Bonchev–Trinajstić information content (AvgIpc) is 2.66. The molecule has 0 aliphatic rings. The number of carbonyl (C=O) groups is 1. The molecule has 0 aliphatic carbocycles. The summed E-state index contributed by atoms with van der Waals surface area (Å²) >= 11 is 0. The molecule has 0 fully saturated rings. The molecule has 0 aliphatic heterocycles. The molecule has 0 aromatic heterocycles. The molecule has 0 atom stereocenters. The maximum atomic E-state index is 12.7. The van der Waals surface area contributed by atoms with Gasteiger partial charge in [-0.1, -0.05) is 72.8 Å². The number of rotatable bonds is 4. The summed E-state index contributed by atoms with van der Waals surface area (Å²) in [6.45, 7) is 0. The molecule has 0 N–H and O–H groups in total. The van der Waals surface area contributed by atoms with Crippen LogP contribution in [0.5, 0.6) is 0 Å². The number of ketones is 1. The molecule has 0 saturated heterocycles. The van der Waals surface area contributed by atoms with Gasteiger partial charge in [0.25, 0.3) is 0 Å². The average molecular weight is 352 g/mol. The minimum absolute atomic E-state index is 0.262. The number of halogens is 3. The summed E-state index contributed by atoms with van der Waals surface area (Å²) in [6.07, 6.45) is -1.73. The van der Waals surface area contributed by atoms with Gasteiger partial charge in [0.15, 0.2) is 5.78 Å². The van der Waals surface area contributed by atoms with Crippen LogP contribution in [0.3, 0.4) is 0 Å². The van der Waals surface area contributed by atoms with E-state index >= 15 is 0 Å². The van der Waals surface area contributed by atoms with Crippen molar-refractivity contribution in [2.75, 3.05) is 0 Å². The fraction of sp³-hybridized carbons (Fsp3) is 0.0455. The van der Waals surface area contributed by atoms with Crippen molar-refractivity contribution in [3.63, 3.8) is 0 Å². The van der Waals surface area contributed by atoms with Crippen LogP contribution in [0.4, 0.5) is 13.2 Å². The van der Waals surface area contributed by atoms with Gasteiger partial charge in [-0.25, -0.2) is 0 Å². The standard InChI is InChI=1S/C22H15F3O/c23-22(24,25)20-8-4-5-16(15-20)9-14-21(26)19-12-10-18(11-13-19)17-6-2-1-3-7-17/h1-15H/b14-9+. The smallest absolute Gasteiger partial charge is 0.289 e. The Balaban J connectivity index is 1.75. The highest BCUT2D eigenvalue weighted by Crippen LogP contribution is 2.29.